The van der Waals surface area contributed by atoms with Gasteiger partial charge < -0.3 is 0 Å². The number of sulfonamides is 1. The van der Waals surface area contributed by atoms with Gasteiger partial charge >= 0.3 is 0 Å². The summed E-state index contributed by atoms with van der Waals surface area (Å²) in [5.74, 6) is 0.711. The molecule has 1 saturated heterocycles. The van der Waals surface area contributed by atoms with Gasteiger partial charge in [0.05, 0.1) is 5.25 Å². The molecule has 1 fully saturated rings. The van der Waals surface area contributed by atoms with Gasteiger partial charge in [-0.1, -0.05) is 20.8 Å². The van der Waals surface area contributed by atoms with Gasteiger partial charge in [-0.3, -0.25) is 0 Å². The molecule has 4 heteroatoms. The molecule has 108 valence electrons. The van der Waals surface area contributed by atoms with E-state index in [4.69, 9.17) is 0 Å². The van der Waals surface area contributed by atoms with Crippen molar-refractivity contribution in [3.05, 3.63) is 0 Å². The molecule has 1 rings (SSSR count). The van der Waals surface area contributed by atoms with E-state index < -0.39 is 10.0 Å². The molecular weight excluding hydrogens is 246 g/mol. The molecule has 0 spiro atoms. The van der Waals surface area contributed by atoms with Gasteiger partial charge in [-0.2, -0.15) is 0 Å². The van der Waals surface area contributed by atoms with Gasteiger partial charge in [0.25, 0.3) is 0 Å². The van der Waals surface area contributed by atoms with Crippen molar-refractivity contribution in [2.45, 2.75) is 65.6 Å². The third-order valence-corrected chi connectivity index (χ3v) is 6.11. The summed E-state index contributed by atoms with van der Waals surface area (Å²) in [7, 11) is -3.03. The summed E-state index contributed by atoms with van der Waals surface area (Å²) in [6, 6.07) is 0. The van der Waals surface area contributed by atoms with E-state index in [9.17, 15) is 8.42 Å². The Morgan fingerprint density at radius 2 is 1.67 bits per heavy atom. The molecule has 0 aliphatic carbocycles. The lowest BCUT2D eigenvalue weighted by Crippen LogP contribution is -2.42. The summed E-state index contributed by atoms with van der Waals surface area (Å²) in [5.41, 5.74) is 0.390. The summed E-state index contributed by atoms with van der Waals surface area (Å²) < 4.78 is 25.8. The highest BCUT2D eigenvalue weighted by atomic mass is 32.2. The van der Waals surface area contributed by atoms with E-state index in [1.54, 1.807) is 18.2 Å². The van der Waals surface area contributed by atoms with Crippen LogP contribution in [0.1, 0.15) is 60.3 Å². The quantitative estimate of drug-likeness (QED) is 0.789. The minimum absolute atomic E-state index is 0.288. The summed E-state index contributed by atoms with van der Waals surface area (Å²) in [6.45, 7) is 11.8. The van der Waals surface area contributed by atoms with Crippen LogP contribution in [-0.4, -0.2) is 31.1 Å². The predicted octanol–water partition coefficient (Wildman–Crippen LogP) is 3.26. The van der Waals surface area contributed by atoms with Crippen LogP contribution in [0.2, 0.25) is 0 Å². The zero-order valence-electron chi connectivity index (χ0n) is 12.6. The lowest BCUT2D eigenvalue weighted by molar-refractivity contribution is 0.233. The number of hydrogen-bond donors (Lipinski definition) is 0. The molecule has 0 radical (unpaired) electrons. The molecule has 0 bridgehead atoms. The maximum Gasteiger partial charge on any atom is 0.216 e. The van der Waals surface area contributed by atoms with Crippen LogP contribution in [0.3, 0.4) is 0 Å². The highest BCUT2D eigenvalue weighted by molar-refractivity contribution is 7.89. The fraction of sp³-hybridized carbons (Fsp3) is 1.00. The number of rotatable bonds is 4. The van der Waals surface area contributed by atoms with Crippen molar-refractivity contribution in [2.75, 3.05) is 13.1 Å². The monoisotopic (exact) mass is 275 g/mol. The van der Waals surface area contributed by atoms with E-state index in [-0.39, 0.29) is 5.25 Å². The Labute approximate surface area is 113 Å². The van der Waals surface area contributed by atoms with Crippen molar-refractivity contribution >= 4 is 10.0 Å². The van der Waals surface area contributed by atoms with Gasteiger partial charge in [-0.15, -0.1) is 0 Å². The Morgan fingerprint density at radius 3 is 2.06 bits per heavy atom. The number of hydrogen-bond acceptors (Lipinski definition) is 2. The Kier molecular flexibility index (Phi) is 5.24. The lowest BCUT2D eigenvalue weighted by Gasteiger charge is -2.33. The van der Waals surface area contributed by atoms with E-state index in [1.165, 1.54) is 12.8 Å². The molecule has 0 aromatic rings. The van der Waals surface area contributed by atoms with E-state index in [0.29, 0.717) is 11.3 Å². The second kappa shape index (κ2) is 5.91. The number of nitrogens with zero attached hydrogens (tertiary/aromatic N) is 1. The third kappa shape index (κ3) is 4.54. The minimum atomic E-state index is -3.03. The van der Waals surface area contributed by atoms with Gasteiger partial charge in [0, 0.05) is 13.1 Å². The number of piperidine rings is 1. The first-order valence-corrected chi connectivity index (χ1v) is 8.62. The smallest absolute Gasteiger partial charge is 0.212 e. The topological polar surface area (TPSA) is 37.4 Å². The van der Waals surface area contributed by atoms with E-state index in [1.807, 2.05) is 0 Å². The average Bonchev–Trinajstić information content (AvgIpc) is 2.26. The first-order chi connectivity index (χ1) is 8.13. The van der Waals surface area contributed by atoms with Gasteiger partial charge in [0.15, 0.2) is 0 Å². The standard InChI is InChI=1S/C14H29NO2S/c1-12(2)18(16,17)15-10-7-13(8-11-15)6-9-14(3,4)5/h12-13H,6-11H2,1-5H3. The molecule has 0 N–H and O–H groups in total. The highest BCUT2D eigenvalue weighted by Crippen LogP contribution is 2.29. The van der Waals surface area contributed by atoms with Gasteiger partial charge in [0.2, 0.25) is 10.0 Å². The molecule has 0 aromatic carbocycles. The maximum atomic E-state index is 12.0. The molecule has 3 nitrogen and oxygen atoms in total. The molecule has 1 aliphatic rings. The van der Waals surface area contributed by atoms with Crippen molar-refractivity contribution in [3.63, 3.8) is 0 Å². The minimum Gasteiger partial charge on any atom is -0.212 e. The summed E-state index contributed by atoms with van der Waals surface area (Å²) >= 11 is 0. The largest absolute Gasteiger partial charge is 0.216 e. The molecular formula is C14H29NO2S. The van der Waals surface area contributed by atoms with Crippen LogP contribution in [0.4, 0.5) is 0 Å². The van der Waals surface area contributed by atoms with Crippen LogP contribution in [0, 0.1) is 11.3 Å². The Balaban J connectivity index is 2.42. The lowest BCUT2D eigenvalue weighted by atomic mass is 9.84. The van der Waals surface area contributed by atoms with Crippen LogP contribution in [0.15, 0.2) is 0 Å². The second-order valence-corrected chi connectivity index (χ2v) is 9.52. The Bertz CT molecular complexity index is 346. The molecule has 0 amide bonds. The van der Waals surface area contributed by atoms with Crippen molar-refractivity contribution < 1.29 is 8.42 Å². The molecule has 1 heterocycles. The fourth-order valence-electron chi connectivity index (χ4n) is 2.39. The zero-order valence-corrected chi connectivity index (χ0v) is 13.4. The summed E-state index contributed by atoms with van der Waals surface area (Å²) in [4.78, 5) is 0. The van der Waals surface area contributed by atoms with E-state index in [0.717, 1.165) is 25.9 Å². The van der Waals surface area contributed by atoms with Gasteiger partial charge in [-0.05, 0) is 50.9 Å². The molecule has 18 heavy (non-hydrogen) atoms. The van der Waals surface area contributed by atoms with Gasteiger partial charge in [-0.25, -0.2) is 12.7 Å². The normalized spacial score (nSPS) is 20.6. The summed E-state index contributed by atoms with van der Waals surface area (Å²) in [6.07, 6.45) is 4.53. The van der Waals surface area contributed by atoms with Gasteiger partial charge in [0.1, 0.15) is 0 Å². The third-order valence-electron chi connectivity index (χ3n) is 3.83. The second-order valence-electron chi connectivity index (χ2n) is 7.04. The molecule has 0 saturated carbocycles. The Hall–Kier alpha value is -0.0900. The van der Waals surface area contributed by atoms with E-state index in [2.05, 4.69) is 20.8 Å². The summed E-state index contributed by atoms with van der Waals surface area (Å²) in [5, 5.41) is -0.288. The first-order valence-electron chi connectivity index (χ1n) is 7.12. The molecule has 0 aromatic heterocycles. The zero-order chi connectivity index (χ0) is 14.0. The molecule has 1 aliphatic heterocycles. The first kappa shape index (κ1) is 16.0. The average molecular weight is 275 g/mol. The fourth-order valence-corrected chi connectivity index (χ4v) is 3.70. The van der Waals surface area contributed by atoms with Crippen LogP contribution in [0.5, 0.6) is 0 Å². The van der Waals surface area contributed by atoms with Crippen LogP contribution < -0.4 is 0 Å². The maximum absolute atomic E-state index is 12.0. The highest BCUT2D eigenvalue weighted by Gasteiger charge is 2.30. The van der Waals surface area contributed by atoms with E-state index >= 15 is 0 Å². The molecule has 0 unspecified atom stereocenters. The SMILES string of the molecule is CC(C)S(=O)(=O)N1CCC(CCC(C)(C)C)CC1. The van der Waals surface area contributed by atoms with Crippen molar-refractivity contribution in [2.24, 2.45) is 11.3 Å². The van der Waals surface area contributed by atoms with Crippen LogP contribution in [0.25, 0.3) is 0 Å². The van der Waals surface area contributed by atoms with Crippen molar-refractivity contribution in [3.8, 4) is 0 Å². The van der Waals surface area contributed by atoms with Crippen molar-refractivity contribution in [1.29, 1.82) is 0 Å². The Morgan fingerprint density at radius 1 is 1.17 bits per heavy atom. The molecule has 0 atom stereocenters. The van der Waals surface area contributed by atoms with Crippen LogP contribution in [-0.2, 0) is 10.0 Å². The van der Waals surface area contributed by atoms with Crippen molar-refractivity contribution in [1.82, 2.24) is 4.31 Å². The van der Waals surface area contributed by atoms with Crippen LogP contribution >= 0.6 is 0 Å². The predicted molar refractivity (Wildman–Crippen MR) is 77.0 cm³/mol.